The second-order valence-corrected chi connectivity index (χ2v) is 9.89. The lowest BCUT2D eigenvalue weighted by atomic mass is 10.0. The summed E-state index contributed by atoms with van der Waals surface area (Å²) in [7, 11) is 0. The van der Waals surface area contributed by atoms with E-state index in [2.05, 4.69) is 41.3 Å². The zero-order valence-corrected chi connectivity index (χ0v) is 20.7. The Labute approximate surface area is 215 Å². The quantitative estimate of drug-likeness (QED) is 0.379. The van der Waals surface area contributed by atoms with Crippen molar-refractivity contribution in [3.63, 3.8) is 0 Å². The van der Waals surface area contributed by atoms with Crippen LogP contribution in [0.25, 0.3) is 22.0 Å². The first-order valence-corrected chi connectivity index (χ1v) is 13.0. The van der Waals surface area contributed by atoms with Gasteiger partial charge >= 0.3 is 0 Å². The van der Waals surface area contributed by atoms with Crippen LogP contribution in [0.4, 0.5) is 17.2 Å². The predicted octanol–water partition coefficient (Wildman–Crippen LogP) is 4.22. The smallest absolute Gasteiger partial charge is 0.276 e. The van der Waals surface area contributed by atoms with Crippen LogP contribution in [0, 0.1) is 0 Å². The Morgan fingerprint density at radius 3 is 2.54 bits per heavy atom. The minimum absolute atomic E-state index is 0.228. The van der Waals surface area contributed by atoms with Crippen LogP contribution in [-0.2, 0) is 0 Å². The third kappa shape index (κ3) is 4.99. The van der Waals surface area contributed by atoms with E-state index in [0.29, 0.717) is 11.4 Å². The van der Waals surface area contributed by atoms with Crippen LogP contribution in [0.2, 0.25) is 0 Å². The van der Waals surface area contributed by atoms with Crippen LogP contribution in [0.1, 0.15) is 42.6 Å². The molecule has 6 rings (SSSR count). The molecule has 2 aliphatic rings. The summed E-state index contributed by atoms with van der Waals surface area (Å²) in [6.45, 7) is 3.68. The Morgan fingerprint density at radius 2 is 1.76 bits per heavy atom. The average molecular weight is 498 g/mol. The van der Waals surface area contributed by atoms with Crippen LogP contribution in [0.5, 0.6) is 0 Å². The maximum Gasteiger partial charge on any atom is 0.276 e. The Hall–Kier alpha value is -3.98. The molecule has 37 heavy (non-hydrogen) atoms. The van der Waals surface area contributed by atoms with Crippen molar-refractivity contribution in [2.24, 2.45) is 0 Å². The highest BCUT2D eigenvalue weighted by atomic mass is 16.3. The number of aromatic nitrogens is 4. The molecule has 0 saturated carbocycles. The van der Waals surface area contributed by atoms with Gasteiger partial charge in [0.05, 0.1) is 35.4 Å². The number of nitrogens with zero attached hydrogens (tertiary/aromatic N) is 5. The Balaban J connectivity index is 1.20. The number of aromatic amines is 1. The van der Waals surface area contributed by atoms with Gasteiger partial charge in [-0.1, -0.05) is 6.07 Å². The standard InChI is InChI=1S/C28H31N7O2/c36-23-8-12-35(13-9-23)26-7-5-21(17-30-26)31-28(37)27-24-15-19(4-6-25(24)32-33-27)20-14-22(18-29-16-20)34-10-2-1-3-11-34/h4-7,14-18,23,36H,1-3,8-13H2,(H,31,37)(H,32,33). The van der Waals surface area contributed by atoms with Gasteiger partial charge in [0.15, 0.2) is 5.69 Å². The number of aliphatic hydroxyl groups excluding tert-OH is 1. The highest BCUT2D eigenvalue weighted by Gasteiger charge is 2.19. The lowest BCUT2D eigenvalue weighted by Crippen LogP contribution is -2.36. The number of hydrogen-bond acceptors (Lipinski definition) is 7. The lowest BCUT2D eigenvalue weighted by molar-refractivity contribution is 0.102. The molecule has 1 aromatic carbocycles. The average Bonchev–Trinajstić information content (AvgIpc) is 3.38. The van der Waals surface area contributed by atoms with Gasteiger partial charge in [-0.3, -0.25) is 14.9 Å². The lowest BCUT2D eigenvalue weighted by Gasteiger charge is -2.30. The summed E-state index contributed by atoms with van der Waals surface area (Å²) in [5.41, 5.74) is 4.89. The number of H-pyrrole nitrogens is 1. The fraction of sp³-hybridized carbons (Fsp3) is 0.357. The fourth-order valence-corrected chi connectivity index (χ4v) is 5.21. The van der Waals surface area contributed by atoms with Gasteiger partial charge in [0.1, 0.15) is 5.82 Å². The topological polar surface area (TPSA) is 110 Å². The van der Waals surface area contributed by atoms with E-state index in [0.717, 1.165) is 72.6 Å². The molecule has 5 heterocycles. The summed E-state index contributed by atoms with van der Waals surface area (Å²) in [6.07, 6.45) is 10.4. The van der Waals surface area contributed by atoms with Crippen LogP contribution in [0.15, 0.2) is 55.0 Å². The fourth-order valence-electron chi connectivity index (χ4n) is 5.21. The second kappa shape index (κ2) is 10.2. The molecule has 190 valence electrons. The first-order valence-electron chi connectivity index (χ1n) is 13.0. The van der Waals surface area contributed by atoms with E-state index < -0.39 is 0 Å². The molecular formula is C28H31N7O2. The first-order chi connectivity index (χ1) is 18.1. The molecule has 0 atom stereocenters. The second-order valence-electron chi connectivity index (χ2n) is 9.89. The minimum Gasteiger partial charge on any atom is -0.393 e. The van der Waals surface area contributed by atoms with Gasteiger partial charge in [-0.2, -0.15) is 5.10 Å². The van der Waals surface area contributed by atoms with Crippen molar-refractivity contribution in [3.05, 3.63) is 60.7 Å². The number of carbonyl (C=O) groups excluding carboxylic acids is 1. The molecule has 9 nitrogen and oxygen atoms in total. The van der Waals surface area contributed by atoms with Gasteiger partial charge in [0, 0.05) is 43.3 Å². The summed E-state index contributed by atoms with van der Waals surface area (Å²) in [4.78, 5) is 26.7. The van der Waals surface area contributed by atoms with Crippen molar-refractivity contribution in [2.45, 2.75) is 38.2 Å². The molecule has 0 spiro atoms. The summed E-state index contributed by atoms with van der Waals surface area (Å²) in [6, 6.07) is 11.9. The third-order valence-corrected chi connectivity index (χ3v) is 7.35. The highest BCUT2D eigenvalue weighted by molar-refractivity contribution is 6.11. The largest absolute Gasteiger partial charge is 0.393 e. The number of rotatable bonds is 5. The minimum atomic E-state index is -0.292. The Morgan fingerprint density at radius 1 is 0.919 bits per heavy atom. The third-order valence-electron chi connectivity index (χ3n) is 7.35. The Bertz CT molecular complexity index is 1390. The number of amides is 1. The van der Waals surface area contributed by atoms with E-state index in [1.165, 1.54) is 19.3 Å². The molecule has 0 bridgehead atoms. The molecule has 0 radical (unpaired) electrons. The van der Waals surface area contributed by atoms with Crippen molar-refractivity contribution in [1.29, 1.82) is 0 Å². The van der Waals surface area contributed by atoms with E-state index in [1.54, 1.807) is 6.20 Å². The van der Waals surface area contributed by atoms with Crippen molar-refractivity contribution in [1.82, 2.24) is 20.2 Å². The predicted molar refractivity (Wildman–Crippen MR) is 145 cm³/mol. The Kier molecular flexibility index (Phi) is 6.44. The van der Waals surface area contributed by atoms with Gasteiger partial charge in [0.2, 0.25) is 0 Å². The van der Waals surface area contributed by atoms with Crippen molar-refractivity contribution in [3.8, 4) is 11.1 Å². The summed E-state index contributed by atoms with van der Waals surface area (Å²) >= 11 is 0. The van der Waals surface area contributed by atoms with E-state index in [4.69, 9.17) is 0 Å². The van der Waals surface area contributed by atoms with Gasteiger partial charge in [-0.15, -0.1) is 0 Å². The van der Waals surface area contributed by atoms with Crippen LogP contribution < -0.4 is 15.1 Å². The summed E-state index contributed by atoms with van der Waals surface area (Å²) in [5, 5.41) is 20.7. The molecule has 3 N–H and O–H groups in total. The van der Waals surface area contributed by atoms with Gasteiger partial charge in [0.25, 0.3) is 5.91 Å². The molecule has 9 heteroatoms. The number of carbonyl (C=O) groups is 1. The SMILES string of the molecule is O=C(Nc1ccc(N2CCC(O)CC2)nc1)c1n[nH]c2ccc(-c3cncc(N4CCCCC4)c3)cc12. The molecule has 2 fully saturated rings. The molecule has 4 aromatic rings. The molecular weight excluding hydrogens is 466 g/mol. The summed E-state index contributed by atoms with van der Waals surface area (Å²) in [5.74, 6) is 0.555. The van der Waals surface area contributed by atoms with Gasteiger partial charge < -0.3 is 20.2 Å². The first kappa shape index (κ1) is 23.4. The molecule has 2 aliphatic heterocycles. The molecule has 3 aromatic heterocycles. The van der Waals surface area contributed by atoms with E-state index in [1.807, 2.05) is 42.7 Å². The number of pyridine rings is 2. The maximum atomic E-state index is 13.1. The number of fused-ring (bicyclic) bond motifs is 1. The van der Waals surface area contributed by atoms with E-state index >= 15 is 0 Å². The number of hydrogen-bond donors (Lipinski definition) is 3. The molecule has 2 saturated heterocycles. The van der Waals surface area contributed by atoms with Gasteiger partial charge in [-0.25, -0.2) is 4.98 Å². The zero-order valence-electron chi connectivity index (χ0n) is 20.7. The number of benzene rings is 1. The molecule has 0 aliphatic carbocycles. The maximum absolute atomic E-state index is 13.1. The van der Waals surface area contributed by atoms with Crippen molar-refractivity contribution >= 4 is 34.0 Å². The zero-order chi connectivity index (χ0) is 25.2. The van der Waals surface area contributed by atoms with E-state index in [-0.39, 0.29) is 12.0 Å². The number of piperidine rings is 2. The van der Waals surface area contributed by atoms with Crippen LogP contribution in [0.3, 0.4) is 0 Å². The number of anilines is 3. The highest BCUT2D eigenvalue weighted by Crippen LogP contribution is 2.29. The number of nitrogens with one attached hydrogen (secondary N) is 2. The molecule has 1 amide bonds. The van der Waals surface area contributed by atoms with Gasteiger partial charge in [-0.05, 0) is 68.0 Å². The number of aliphatic hydroxyl groups is 1. The van der Waals surface area contributed by atoms with Crippen molar-refractivity contribution in [2.75, 3.05) is 41.3 Å². The van der Waals surface area contributed by atoms with Crippen LogP contribution >= 0.6 is 0 Å². The van der Waals surface area contributed by atoms with Crippen molar-refractivity contribution < 1.29 is 9.90 Å². The van der Waals surface area contributed by atoms with E-state index in [9.17, 15) is 9.90 Å². The monoisotopic (exact) mass is 497 g/mol. The summed E-state index contributed by atoms with van der Waals surface area (Å²) < 4.78 is 0. The molecule has 0 unspecified atom stereocenters. The normalized spacial score (nSPS) is 16.8. The van der Waals surface area contributed by atoms with Crippen LogP contribution in [-0.4, -0.2) is 63.5 Å².